The first-order chi connectivity index (χ1) is 6.99. The first-order valence-corrected chi connectivity index (χ1v) is 5.03. The predicted octanol–water partition coefficient (Wildman–Crippen LogP) is 3.34. The molecule has 0 fully saturated rings. The molecule has 15 heavy (non-hydrogen) atoms. The first-order valence-electron chi connectivity index (χ1n) is 5.03. The monoisotopic (exact) mass is 196 g/mol. The third kappa shape index (κ3) is 2.64. The summed E-state index contributed by atoms with van der Waals surface area (Å²) in [4.78, 5) is 0. The van der Waals surface area contributed by atoms with E-state index in [-0.39, 0.29) is 5.41 Å². The van der Waals surface area contributed by atoms with Crippen molar-refractivity contribution in [2.45, 2.75) is 33.1 Å². The Balaban J connectivity index is 3.31. The molecule has 0 saturated carbocycles. The van der Waals surface area contributed by atoms with Gasteiger partial charge in [0.15, 0.2) is 0 Å². The SMILES string of the molecule is C#Cc1cc(C(C)(C)C)ccc1C#CC. The molecule has 0 aliphatic rings. The summed E-state index contributed by atoms with van der Waals surface area (Å²) in [5.74, 6) is 8.57. The Morgan fingerprint density at radius 3 is 2.27 bits per heavy atom. The van der Waals surface area contributed by atoms with Crippen LogP contribution in [-0.4, -0.2) is 0 Å². The zero-order valence-corrected chi connectivity index (χ0v) is 9.81. The summed E-state index contributed by atoms with van der Waals surface area (Å²) in [7, 11) is 0. The van der Waals surface area contributed by atoms with E-state index in [1.165, 1.54) is 5.56 Å². The van der Waals surface area contributed by atoms with Gasteiger partial charge >= 0.3 is 0 Å². The maximum atomic E-state index is 5.48. The summed E-state index contributed by atoms with van der Waals surface area (Å²) in [6.45, 7) is 8.34. The summed E-state index contributed by atoms with van der Waals surface area (Å²) in [6.07, 6.45) is 5.48. The zero-order chi connectivity index (χ0) is 11.5. The minimum Gasteiger partial charge on any atom is -0.115 e. The van der Waals surface area contributed by atoms with Gasteiger partial charge in [0.25, 0.3) is 0 Å². The standard InChI is InChI=1S/C15H16/c1-6-8-13-9-10-14(15(3,4)5)11-12(13)7-2/h2,9-11H,1,3-5H3. The van der Waals surface area contributed by atoms with Crippen LogP contribution in [0.25, 0.3) is 0 Å². The van der Waals surface area contributed by atoms with Crippen molar-refractivity contribution < 1.29 is 0 Å². The fraction of sp³-hybridized carbons (Fsp3) is 0.333. The van der Waals surface area contributed by atoms with Crippen molar-refractivity contribution in [3.05, 3.63) is 34.9 Å². The average molecular weight is 196 g/mol. The van der Waals surface area contributed by atoms with Crippen LogP contribution >= 0.6 is 0 Å². The molecule has 76 valence electrons. The van der Waals surface area contributed by atoms with Gasteiger partial charge in [-0.3, -0.25) is 0 Å². The second-order valence-corrected chi connectivity index (χ2v) is 4.53. The van der Waals surface area contributed by atoms with Gasteiger partial charge in [-0.25, -0.2) is 0 Å². The van der Waals surface area contributed by atoms with Crippen molar-refractivity contribution in [3.63, 3.8) is 0 Å². The van der Waals surface area contributed by atoms with Crippen molar-refractivity contribution in [2.75, 3.05) is 0 Å². The van der Waals surface area contributed by atoms with Gasteiger partial charge in [-0.15, -0.1) is 12.3 Å². The van der Waals surface area contributed by atoms with Crippen molar-refractivity contribution >= 4 is 0 Å². The minimum absolute atomic E-state index is 0.129. The molecule has 0 spiro atoms. The van der Waals surface area contributed by atoms with E-state index in [4.69, 9.17) is 6.42 Å². The molecule has 1 rings (SSSR count). The summed E-state index contributed by atoms with van der Waals surface area (Å²) in [6, 6.07) is 6.16. The summed E-state index contributed by atoms with van der Waals surface area (Å²) < 4.78 is 0. The first kappa shape index (κ1) is 11.4. The third-order valence-corrected chi connectivity index (χ3v) is 2.30. The van der Waals surface area contributed by atoms with Crippen LogP contribution < -0.4 is 0 Å². The summed E-state index contributed by atoms with van der Waals surface area (Å²) in [5, 5.41) is 0. The second kappa shape index (κ2) is 4.24. The Kier molecular flexibility index (Phi) is 3.23. The van der Waals surface area contributed by atoms with Gasteiger partial charge in [-0.2, -0.15) is 0 Å². The Hall–Kier alpha value is -1.66. The quantitative estimate of drug-likeness (QED) is 0.558. The van der Waals surface area contributed by atoms with Crippen LogP contribution in [0.4, 0.5) is 0 Å². The largest absolute Gasteiger partial charge is 0.115 e. The highest BCUT2D eigenvalue weighted by molar-refractivity contribution is 5.51. The van der Waals surface area contributed by atoms with Crippen LogP contribution in [0, 0.1) is 24.2 Å². The average Bonchev–Trinajstić information content (AvgIpc) is 2.17. The van der Waals surface area contributed by atoms with E-state index in [2.05, 4.69) is 50.7 Å². The van der Waals surface area contributed by atoms with E-state index in [1.54, 1.807) is 0 Å². The van der Waals surface area contributed by atoms with Crippen LogP contribution in [-0.2, 0) is 5.41 Å². The smallest absolute Gasteiger partial charge is 0.0402 e. The van der Waals surface area contributed by atoms with Crippen molar-refractivity contribution in [1.29, 1.82) is 0 Å². The lowest BCUT2D eigenvalue weighted by molar-refractivity contribution is 0.590. The lowest BCUT2D eigenvalue weighted by Crippen LogP contribution is -2.11. The molecule has 0 heteroatoms. The number of benzene rings is 1. The molecular weight excluding hydrogens is 180 g/mol. The molecule has 0 aliphatic heterocycles. The van der Waals surface area contributed by atoms with Gasteiger partial charge in [0.1, 0.15) is 0 Å². The van der Waals surface area contributed by atoms with Crippen LogP contribution in [0.3, 0.4) is 0 Å². The highest BCUT2D eigenvalue weighted by Crippen LogP contribution is 2.24. The van der Waals surface area contributed by atoms with Crippen LogP contribution in [0.15, 0.2) is 18.2 Å². The van der Waals surface area contributed by atoms with E-state index in [0.29, 0.717) is 0 Å². The van der Waals surface area contributed by atoms with E-state index in [9.17, 15) is 0 Å². The molecule has 0 amide bonds. The lowest BCUT2D eigenvalue weighted by Gasteiger charge is -2.19. The molecule has 0 aromatic heterocycles. The van der Waals surface area contributed by atoms with Gasteiger partial charge in [0.05, 0.1) is 0 Å². The molecular formula is C15H16. The molecule has 0 atom stereocenters. The topological polar surface area (TPSA) is 0 Å². The van der Waals surface area contributed by atoms with Crippen molar-refractivity contribution in [2.24, 2.45) is 0 Å². The van der Waals surface area contributed by atoms with Gasteiger partial charge in [-0.1, -0.05) is 38.7 Å². The molecule has 1 aromatic carbocycles. The number of hydrogen-bond acceptors (Lipinski definition) is 0. The Bertz CT molecular complexity index is 454. The zero-order valence-electron chi connectivity index (χ0n) is 9.81. The molecule has 0 N–H and O–H groups in total. The van der Waals surface area contributed by atoms with Gasteiger partial charge in [0, 0.05) is 11.1 Å². The van der Waals surface area contributed by atoms with E-state index in [0.717, 1.165) is 11.1 Å². The third-order valence-electron chi connectivity index (χ3n) is 2.30. The van der Waals surface area contributed by atoms with E-state index >= 15 is 0 Å². The van der Waals surface area contributed by atoms with Crippen LogP contribution in [0.2, 0.25) is 0 Å². The number of hydrogen-bond donors (Lipinski definition) is 0. The van der Waals surface area contributed by atoms with E-state index < -0.39 is 0 Å². The predicted molar refractivity (Wildman–Crippen MR) is 65.6 cm³/mol. The minimum atomic E-state index is 0.129. The number of terminal acetylenes is 1. The number of rotatable bonds is 0. The summed E-state index contributed by atoms with van der Waals surface area (Å²) in [5.41, 5.74) is 3.20. The Morgan fingerprint density at radius 2 is 1.80 bits per heavy atom. The fourth-order valence-corrected chi connectivity index (χ4v) is 1.37. The molecule has 0 bridgehead atoms. The maximum absolute atomic E-state index is 5.48. The molecule has 0 radical (unpaired) electrons. The maximum Gasteiger partial charge on any atom is 0.0402 e. The van der Waals surface area contributed by atoms with Crippen molar-refractivity contribution in [3.8, 4) is 24.2 Å². The van der Waals surface area contributed by atoms with E-state index in [1.807, 2.05) is 13.0 Å². The van der Waals surface area contributed by atoms with Crippen molar-refractivity contribution in [1.82, 2.24) is 0 Å². The Morgan fingerprint density at radius 1 is 1.13 bits per heavy atom. The molecule has 0 nitrogen and oxygen atoms in total. The molecule has 1 aromatic rings. The van der Waals surface area contributed by atoms with Crippen LogP contribution in [0.1, 0.15) is 44.4 Å². The van der Waals surface area contributed by atoms with Crippen LogP contribution in [0.5, 0.6) is 0 Å². The molecule has 0 unspecified atom stereocenters. The highest BCUT2D eigenvalue weighted by atomic mass is 14.2. The fourth-order valence-electron chi connectivity index (χ4n) is 1.37. The van der Waals surface area contributed by atoms with Gasteiger partial charge in [0.2, 0.25) is 0 Å². The molecule has 0 heterocycles. The normalized spacial score (nSPS) is 10.1. The molecule has 0 aliphatic carbocycles. The van der Waals surface area contributed by atoms with Gasteiger partial charge < -0.3 is 0 Å². The highest BCUT2D eigenvalue weighted by Gasteiger charge is 2.14. The summed E-state index contributed by atoms with van der Waals surface area (Å²) >= 11 is 0. The van der Waals surface area contributed by atoms with Gasteiger partial charge in [-0.05, 0) is 30.0 Å². The molecule has 0 saturated heterocycles. The second-order valence-electron chi connectivity index (χ2n) is 4.53. The lowest BCUT2D eigenvalue weighted by atomic mass is 9.85. The Labute approximate surface area is 92.7 Å².